The summed E-state index contributed by atoms with van der Waals surface area (Å²) in [6.45, 7) is 3.57. The van der Waals surface area contributed by atoms with Crippen LogP contribution < -0.4 is 19.7 Å². The Labute approximate surface area is 271 Å². The molecule has 240 valence electrons. The first-order valence-corrected chi connectivity index (χ1v) is 15.0. The van der Waals surface area contributed by atoms with Crippen molar-refractivity contribution in [2.45, 2.75) is 32.5 Å². The number of carbonyl (C=O) groups is 3. The Morgan fingerprint density at radius 2 is 1.76 bits per heavy atom. The van der Waals surface area contributed by atoms with E-state index < -0.39 is 41.8 Å². The van der Waals surface area contributed by atoms with Crippen LogP contribution >= 0.6 is 11.6 Å². The van der Waals surface area contributed by atoms with Crippen molar-refractivity contribution in [1.29, 1.82) is 0 Å². The molecule has 3 N–H and O–H groups in total. The van der Waals surface area contributed by atoms with E-state index in [1.54, 1.807) is 66.7 Å². The number of amides is 2. The molecule has 0 bridgehead atoms. The number of carbonyl (C=O) groups excluding carboxylic acids is 2. The molecular weight excluding hydrogens is 612 g/mol. The van der Waals surface area contributed by atoms with Crippen LogP contribution in [0, 0.1) is 5.41 Å². The molecule has 0 aliphatic carbocycles. The molecule has 1 aliphatic heterocycles. The molecule has 10 nitrogen and oxygen atoms in total. The number of fused-ring (bicyclic) bond motifs is 2. The van der Waals surface area contributed by atoms with E-state index in [1.165, 1.54) is 25.2 Å². The minimum absolute atomic E-state index is 0.0325. The molecule has 1 heterocycles. The fraction of sp³-hybridized carbons (Fsp3) is 0.286. The van der Waals surface area contributed by atoms with Crippen LogP contribution in [0.25, 0.3) is 10.8 Å². The second-order valence-electron chi connectivity index (χ2n) is 11.8. The van der Waals surface area contributed by atoms with Gasteiger partial charge in [-0.15, -0.1) is 0 Å². The lowest BCUT2D eigenvalue weighted by Crippen LogP contribution is -2.46. The fourth-order valence-electron chi connectivity index (χ4n) is 5.65. The average molecular weight is 647 g/mol. The number of anilines is 2. The van der Waals surface area contributed by atoms with Crippen molar-refractivity contribution < 1.29 is 38.8 Å². The lowest BCUT2D eigenvalue weighted by molar-refractivity contribution is -0.136. The van der Waals surface area contributed by atoms with Crippen LogP contribution in [-0.4, -0.2) is 61.5 Å². The number of hydrogen-bond acceptors (Lipinski definition) is 7. The summed E-state index contributed by atoms with van der Waals surface area (Å²) in [4.78, 5) is 41.4. The summed E-state index contributed by atoms with van der Waals surface area (Å²) in [7, 11) is 3.01. The second-order valence-corrected chi connectivity index (χ2v) is 12.3. The zero-order valence-electron chi connectivity index (χ0n) is 25.9. The molecule has 5 rings (SSSR count). The highest BCUT2D eigenvalue weighted by Gasteiger charge is 2.40. The summed E-state index contributed by atoms with van der Waals surface area (Å²) < 4.78 is 17.8. The first-order chi connectivity index (χ1) is 22.0. The molecule has 11 heteroatoms. The van der Waals surface area contributed by atoms with Gasteiger partial charge in [0.15, 0.2) is 11.5 Å². The number of aliphatic hydroxyl groups is 1. The van der Waals surface area contributed by atoms with E-state index in [4.69, 9.17) is 25.8 Å². The molecule has 1 aliphatic rings. The molecule has 46 heavy (non-hydrogen) atoms. The largest absolute Gasteiger partial charge is 0.493 e. The van der Waals surface area contributed by atoms with Gasteiger partial charge in [0.2, 0.25) is 5.91 Å². The molecule has 0 saturated carbocycles. The minimum Gasteiger partial charge on any atom is -0.493 e. The normalized spacial score (nSPS) is 16.5. The first-order valence-electron chi connectivity index (χ1n) is 14.6. The molecule has 4 aromatic rings. The number of ether oxygens (including phenoxy) is 3. The number of rotatable bonds is 10. The Morgan fingerprint density at radius 3 is 2.46 bits per heavy atom. The molecule has 0 spiro atoms. The fourth-order valence-corrected chi connectivity index (χ4v) is 5.83. The van der Waals surface area contributed by atoms with Crippen LogP contribution in [0.3, 0.4) is 0 Å². The predicted molar refractivity (Wildman–Crippen MR) is 175 cm³/mol. The Kier molecular flexibility index (Phi) is 9.52. The van der Waals surface area contributed by atoms with Gasteiger partial charge in [-0.05, 0) is 47.2 Å². The minimum atomic E-state index is -1.29. The molecule has 4 aromatic carbocycles. The monoisotopic (exact) mass is 646 g/mol. The molecule has 2 atom stereocenters. The number of aromatic carboxylic acids is 1. The lowest BCUT2D eigenvalue weighted by atomic mass is 9.92. The summed E-state index contributed by atoms with van der Waals surface area (Å²) in [5.41, 5.74) is 1.21. The number of para-hydroxylation sites is 1. The van der Waals surface area contributed by atoms with Crippen molar-refractivity contribution in [2.75, 3.05) is 37.6 Å². The molecular formula is C35H35ClN2O8. The van der Waals surface area contributed by atoms with Gasteiger partial charge < -0.3 is 34.6 Å². The average Bonchev–Trinajstić information content (AvgIpc) is 3.14. The number of nitrogens with zero attached hydrogens (tertiary/aromatic N) is 1. The lowest BCUT2D eigenvalue weighted by Gasteiger charge is -2.32. The van der Waals surface area contributed by atoms with E-state index in [-0.39, 0.29) is 24.4 Å². The zero-order valence-corrected chi connectivity index (χ0v) is 26.6. The quantitative estimate of drug-likeness (QED) is 0.189. The number of methoxy groups -OCH3 is 2. The van der Waals surface area contributed by atoms with Crippen LogP contribution in [0.4, 0.5) is 11.4 Å². The Bertz CT molecular complexity index is 1810. The molecule has 0 saturated heterocycles. The van der Waals surface area contributed by atoms with Crippen molar-refractivity contribution in [2.24, 2.45) is 5.41 Å². The Morgan fingerprint density at radius 1 is 1.00 bits per heavy atom. The van der Waals surface area contributed by atoms with Gasteiger partial charge in [0.25, 0.3) is 5.91 Å². The third-order valence-corrected chi connectivity index (χ3v) is 8.12. The van der Waals surface area contributed by atoms with Gasteiger partial charge in [-0.25, -0.2) is 4.79 Å². The van der Waals surface area contributed by atoms with Crippen molar-refractivity contribution >= 4 is 51.5 Å². The standard InChI is InChI=1S/C35H35ClN2O8/c1-35(2,19-39)18-38-27-13-12-21(36)15-26(27)31(24-10-7-11-28(44-3)32(24)45-4)46-29(33(38)41)17-30(40)37-22-14-20-8-5-6-9-23(20)25(16-22)34(42)43/h5-16,29,31,39H,17-19H2,1-4H3,(H,37,40)(H,42,43)/t29-,31-/m1/s1. The number of carboxylic acids is 1. The Balaban J connectivity index is 1.58. The van der Waals surface area contributed by atoms with E-state index in [0.717, 1.165) is 0 Å². The van der Waals surface area contributed by atoms with Crippen LogP contribution in [-0.2, 0) is 14.3 Å². The molecule has 2 amide bonds. The van der Waals surface area contributed by atoms with Gasteiger partial charge in [0.05, 0.1) is 26.2 Å². The number of carboxylic acid groups (broad SMARTS) is 1. The highest BCUT2D eigenvalue weighted by atomic mass is 35.5. The predicted octanol–water partition coefficient (Wildman–Crippen LogP) is 6.08. The molecule has 0 radical (unpaired) electrons. The topological polar surface area (TPSA) is 135 Å². The maximum absolute atomic E-state index is 14.3. The van der Waals surface area contributed by atoms with Crippen LogP contribution in [0.1, 0.15) is 47.9 Å². The van der Waals surface area contributed by atoms with Gasteiger partial charge >= 0.3 is 5.97 Å². The van der Waals surface area contributed by atoms with Gasteiger partial charge in [0, 0.05) is 46.1 Å². The van der Waals surface area contributed by atoms with Gasteiger partial charge in [-0.1, -0.05) is 61.8 Å². The van der Waals surface area contributed by atoms with Crippen molar-refractivity contribution in [3.05, 3.63) is 94.5 Å². The number of halogens is 1. The van der Waals surface area contributed by atoms with E-state index in [2.05, 4.69) is 5.32 Å². The van der Waals surface area contributed by atoms with Gasteiger partial charge in [-0.2, -0.15) is 0 Å². The smallest absolute Gasteiger partial charge is 0.336 e. The molecule has 0 unspecified atom stereocenters. The Hall–Kier alpha value is -4.64. The molecule has 0 aromatic heterocycles. The third-order valence-electron chi connectivity index (χ3n) is 7.88. The second kappa shape index (κ2) is 13.4. The highest BCUT2D eigenvalue weighted by molar-refractivity contribution is 6.30. The maximum atomic E-state index is 14.3. The van der Waals surface area contributed by atoms with E-state index in [1.807, 2.05) is 13.8 Å². The zero-order chi connectivity index (χ0) is 33.2. The number of benzene rings is 4. The van der Waals surface area contributed by atoms with Crippen molar-refractivity contribution in [3.63, 3.8) is 0 Å². The van der Waals surface area contributed by atoms with Crippen LogP contribution in [0.2, 0.25) is 5.02 Å². The summed E-state index contributed by atoms with van der Waals surface area (Å²) in [5.74, 6) is -1.36. The first kappa shape index (κ1) is 32.7. The van der Waals surface area contributed by atoms with Crippen LogP contribution in [0.15, 0.2) is 72.8 Å². The highest BCUT2D eigenvalue weighted by Crippen LogP contribution is 2.45. The number of aliphatic hydroxyl groups excluding tert-OH is 1. The summed E-state index contributed by atoms with van der Waals surface area (Å²) in [5, 5.41) is 24.3. The van der Waals surface area contributed by atoms with Gasteiger partial charge in [-0.3, -0.25) is 9.59 Å². The van der Waals surface area contributed by atoms with Crippen molar-refractivity contribution in [1.82, 2.24) is 0 Å². The SMILES string of the molecule is COc1cccc([C@H]2O[C@H](CC(=O)Nc3cc(C(=O)O)c4ccccc4c3)C(=O)N(CC(C)(C)CO)c3ccc(Cl)cc32)c1OC. The van der Waals surface area contributed by atoms with Gasteiger partial charge in [0.1, 0.15) is 12.2 Å². The molecule has 0 fully saturated rings. The van der Waals surface area contributed by atoms with E-state index in [9.17, 15) is 24.6 Å². The van der Waals surface area contributed by atoms with E-state index in [0.29, 0.717) is 44.1 Å². The summed E-state index contributed by atoms with van der Waals surface area (Å²) in [6, 6.07) is 20.4. The van der Waals surface area contributed by atoms with Crippen LogP contribution in [0.5, 0.6) is 11.5 Å². The number of hydrogen-bond donors (Lipinski definition) is 3. The maximum Gasteiger partial charge on any atom is 0.336 e. The van der Waals surface area contributed by atoms with Crippen molar-refractivity contribution in [3.8, 4) is 11.5 Å². The third kappa shape index (κ3) is 6.64. The summed E-state index contributed by atoms with van der Waals surface area (Å²) in [6.07, 6.45) is -2.60. The summed E-state index contributed by atoms with van der Waals surface area (Å²) >= 11 is 6.49. The van der Waals surface area contributed by atoms with E-state index >= 15 is 0 Å². The number of nitrogens with one attached hydrogen (secondary N) is 1.